The normalized spacial score (nSPS) is 26.0. The first-order valence-electron chi connectivity index (χ1n) is 7.71. The number of hydrogen-bond donors (Lipinski definition) is 1. The van der Waals surface area contributed by atoms with Crippen molar-refractivity contribution >= 4 is 26.8 Å². The average Bonchev–Trinajstić information content (AvgIpc) is 3.18. The molecule has 2 fully saturated rings. The van der Waals surface area contributed by atoms with Gasteiger partial charge in [-0.05, 0) is 43.5 Å². The highest BCUT2D eigenvalue weighted by molar-refractivity contribution is 7.90. The predicted octanol–water partition coefficient (Wildman–Crippen LogP) is 1.75. The smallest absolute Gasteiger partial charge is 0.264 e. The monoisotopic (exact) mass is 350 g/mol. The zero-order valence-electron chi connectivity index (χ0n) is 12.6. The van der Waals surface area contributed by atoms with Crippen LogP contribution < -0.4 is 4.72 Å². The van der Waals surface area contributed by atoms with Gasteiger partial charge in [0.25, 0.3) is 10.0 Å². The Hall–Kier alpha value is -2.06. The summed E-state index contributed by atoms with van der Waals surface area (Å²) >= 11 is 0. The minimum atomic E-state index is -4.12. The summed E-state index contributed by atoms with van der Waals surface area (Å²) in [6.45, 7) is 0. The molecule has 2 bridgehead atoms. The van der Waals surface area contributed by atoms with Crippen LogP contribution in [0.15, 0.2) is 35.4 Å². The molecule has 1 N–H and O–H groups in total. The number of amides is 1. The molecule has 8 heteroatoms. The van der Waals surface area contributed by atoms with E-state index in [0.29, 0.717) is 6.42 Å². The summed E-state index contributed by atoms with van der Waals surface area (Å²) in [5.41, 5.74) is -0.0453. The van der Waals surface area contributed by atoms with Crippen molar-refractivity contribution in [2.24, 2.45) is 5.92 Å². The molecule has 0 unspecified atom stereocenters. The van der Waals surface area contributed by atoms with E-state index in [4.69, 9.17) is 4.74 Å². The van der Waals surface area contributed by atoms with Gasteiger partial charge in [0.1, 0.15) is 11.3 Å². The van der Waals surface area contributed by atoms with Gasteiger partial charge in [-0.2, -0.15) is 0 Å². The largest absolute Gasteiger partial charge is 0.374 e. The summed E-state index contributed by atoms with van der Waals surface area (Å²) in [5, 5.41) is 0.141. The molecule has 24 heavy (non-hydrogen) atoms. The molecule has 2 saturated heterocycles. The van der Waals surface area contributed by atoms with Gasteiger partial charge in [-0.1, -0.05) is 0 Å². The van der Waals surface area contributed by atoms with Gasteiger partial charge >= 0.3 is 0 Å². The van der Waals surface area contributed by atoms with Crippen LogP contribution in [0.3, 0.4) is 0 Å². The van der Waals surface area contributed by atoms with Crippen LogP contribution in [-0.4, -0.2) is 31.5 Å². The highest BCUT2D eigenvalue weighted by atomic mass is 32.2. The third-order valence-corrected chi connectivity index (χ3v) is 6.05. The first-order valence-corrected chi connectivity index (χ1v) is 9.19. The average molecular weight is 350 g/mol. The summed E-state index contributed by atoms with van der Waals surface area (Å²) < 4.78 is 46.7. The number of pyridine rings is 1. The number of nitrogens with zero attached hydrogens (tertiary/aromatic N) is 1. The molecule has 1 aromatic carbocycles. The van der Waals surface area contributed by atoms with Crippen molar-refractivity contribution in [1.29, 1.82) is 0 Å². The standard InChI is InChI=1S/C16H15FN2O4S/c17-12-4-6-14(10-2-1-7-18-15(10)12)24(21,22)19-16(20)11-8-9-3-5-13(11)23-9/h1-2,4,6-7,9,11,13H,3,5,8H2,(H,19,20)/t9-,11-,13-/m1/s1. The number of halogens is 1. The van der Waals surface area contributed by atoms with Crippen LogP contribution in [0.1, 0.15) is 19.3 Å². The highest BCUT2D eigenvalue weighted by Crippen LogP contribution is 2.39. The fourth-order valence-electron chi connectivity index (χ4n) is 3.52. The molecule has 0 aliphatic carbocycles. The molecule has 1 amide bonds. The van der Waals surface area contributed by atoms with Crippen LogP contribution in [0.25, 0.3) is 10.9 Å². The lowest BCUT2D eigenvalue weighted by molar-refractivity contribution is -0.124. The fourth-order valence-corrected chi connectivity index (χ4v) is 4.75. The van der Waals surface area contributed by atoms with Gasteiger partial charge in [0.05, 0.1) is 23.0 Å². The van der Waals surface area contributed by atoms with Crippen molar-refractivity contribution in [3.05, 3.63) is 36.3 Å². The minimum absolute atomic E-state index is 0.0453. The number of carbonyl (C=O) groups is 1. The zero-order valence-corrected chi connectivity index (χ0v) is 13.4. The molecule has 0 spiro atoms. The maximum atomic E-state index is 13.8. The lowest BCUT2D eigenvalue weighted by Crippen LogP contribution is -2.39. The van der Waals surface area contributed by atoms with Gasteiger partial charge in [-0.15, -0.1) is 0 Å². The van der Waals surface area contributed by atoms with E-state index in [0.717, 1.165) is 25.0 Å². The van der Waals surface area contributed by atoms with Gasteiger partial charge in [-0.25, -0.2) is 17.5 Å². The van der Waals surface area contributed by atoms with E-state index < -0.39 is 27.7 Å². The summed E-state index contributed by atoms with van der Waals surface area (Å²) in [6, 6.07) is 5.17. The molecule has 4 rings (SSSR count). The van der Waals surface area contributed by atoms with E-state index in [1.165, 1.54) is 18.3 Å². The Labute approximate surface area is 138 Å². The Balaban J connectivity index is 1.66. The molecule has 2 aliphatic heterocycles. The van der Waals surface area contributed by atoms with Crippen molar-refractivity contribution in [3.63, 3.8) is 0 Å². The van der Waals surface area contributed by atoms with Gasteiger partial charge < -0.3 is 4.74 Å². The van der Waals surface area contributed by atoms with E-state index in [-0.39, 0.29) is 28.0 Å². The number of sulfonamides is 1. The third kappa shape index (κ3) is 2.46. The lowest BCUT2D eigenvalue weighted by atomic mass is 9.89. The maximum absolute atomic E-state index is 13.8. The van der Waals surface area contributed by atoms with E-state index in [2.05, 4.69) is 9.71 Å². The lowest BCUT2D eigenvalue weighted by Gasteiger charge is -2.18. The molecular formula is C16H15FN2O4S. The molecule has 6 nitrogen and oxygen atoms in total. The third-order valence-electron chi connectivity index (χ3n) is 4.65. The number of nitrogens with one attached hydrogen (secondary N) is 1. The summed E-state index contributed by atoms with van der Waals surface area (Å²) in [7, 11) is -4.12. The Bertz CT molecular complexity index is 931. The number of carbonyl (C=O) groups excluding carboxylic acids is 1. The summed E-state index contributed by atoms with van der Waals surface area (Å²) in [4.78, 5) is 16.1. The predicted molar refractivity (Wildman–Crippen MR) is 83.0 cm³/mol. The molecule has 0 radical (unpaired) electrons. The first kappa shape index (κ1) is 15.5. The topological polar surface area (TPSA) is 85.4 Å². The Morgan fingerprint density at radius 2 is 2.12 bits per heavy atom. The second-order valence-corrected chi connectivity index (χ2v) is 7.78. The Morgan fingerprint density at radius 1 is 1.29 bits per heavy atom. The van der Waals surface area contributed by atoms with Crippen LogP contribution in [0.5, 0.6) is 0 Å². The number of fused-ring (bicyclic) bond motifs is 3. The van der Waals surface area contributed by atoms with Crippen molar-refractivity contribution in [3.8, 4) is 0 Å². The number of benzene rings is 1. The van der Waals surface area contributed by atoms with Crippen molar-refractivity contribution in [1.82, 2.24) is 9.71 Å². The van der Waals surface area contributed by atoms with Gasteiger partial charge in [0, 0.05) is 11.6 Å². The molecule has 3 atom stereocenters. The van der Waals surface area contributed by atoms with Crippen molar-refractivity contribution in [2.45, 2.75) is 36.4 Å². The first-order chi connectivity index (χ1) is 11.5. The zero-order chi connectivity index (χ0) is 16.9. The second-order valence-electron chi connectivity index (χ2n) is 6.13. The number of hydrogen-bond acceptors (Lipinski definition) is 5. The van der Waals surface area contributed by atoms with E-state index in [9.17, 15) is 17.6 Å². The SMILES string of the molecule is O=C(NS(=O)(=O)c1ccc(F)c2ncccc12)[C@@H]1C[C@H]2CC[C@H]1O2. The second kappa shape index (κ2) is 5.49. The van der Waals surface area contributed by atoms with Crippen molar-refractivity contribution in [2.75, 3.05) is 0 Å². The molecule has 1 aromatic heterocycles. The van der Waals surface area contributed by atoms with Gasteiger partial charge in [-0.3, -0.25) is 9.78 Å². The van der Waals surface area contributed by atoms with Gasteiger partial charge in [0.2, 0.25) is 5.91 Å². The quantitative estimate of drug-likeness (QED) is 0.911. The molecule has 2 aromatic rings. The van der Waals surface area contributed by atoms with Crippen LogP contribution in [-0.2, 0) is 19.6 Å². The Morgan fingerprint density at radius 3 is 2.83 bits per heavy atom. The van der Waals surface area contributed by atoms with Crippen LogP contribution in [0.2, 0.25) is 0 Å². The number of rotatable bonds is 3. The maximum Gasteiger partial charge on any atom is 0.264 e. The molecule has 126 valence electrons. The van der Waals surface area contributed by atoms with Gasteiger partial charge in [0.15, 0.2) is 0 Å². The summed E-state index contributed by atoms with van der Waals surface area (Å²) in [6.07, 6.45) is 3.44. The molecule has 3 heterocycles. The molecular weight excluding hydrogens is 335 g/mol. The fraction of sp³-hybridized carbons (Fsp3) is 0.375. The van der Waals surface area contributed by atoms with E-state index in [1.54, 1.807) is 0 Å². The van der Waals surface area contributed by atoms with Crippen LogP contribution in [0.4, 0.5) is 4.39 Å². The van der Waals surface area contributed by atoms with Crippen LogP contribution >= 0.6 is 0 Å². The number of aromatic nitrogens is 1. The van der Waals surface area contributed by atoms with E-state index in [1.807, 2.05) is 0 Å². The Kier molecular flexibility index (Phi) is 3.54. The van der Waals surface area contributed by atoms with Crippen LogP contribution in [0, 0.1) is 11.7 Å². The van der Waals surface area contributed by atoms with E-state index >= 15 is 0 Å². The van der Waals surface area contributed by atoms with Crippen molar-refractivity contribution < 1.29 is 22.3 Å². The summed E-state index contributed by atoms with van der Waals surface area (Å²) in [5.74, 6) is -1.63. The number of ether oxygens (including phenoxy) is 1. The highest BCUT2D eigenvalue weighted by Gasteiger charge is 2.45. The molecule has 2 aliphatic rings. The minimum Gasteiger partial charge on any atom is -0.374 e. The molecule has 0 saturated carbocycles.